The molecule has 1 aromatic heterocycles. The highest BCUT2D eigenvalue weighted by Gasteiger charge is 2.33. The second-order valence-corrected chi connectivity index (χ2v) is 10.6. The van der Waals surface area contributed by atoms with Crippen molar-refractivity contribution in [3.63, 3.8) is 0 Å². The quantitative estimate of drug-likeness (QED) is 0.171. The Morgan fingerprint density at radius 2 is 1.10 bits per heavy atom. The Balaban J connectivity index is 1.33. The van der Waals surface area contributed by atoms with Gasteiger partial charge < -0.3 is 4.57 Å². The SMILES string of the molecule is Cc1ccc(-n2c3ccc(C=C4C(=O)c5cc6ccccc6cc5C4=O)cc3c3cc4ccccc4cc32)cc1. The van der Waals surface area contributed by atoms with Crippen molar-refractivity contribution in [3.05, 3.63) is 143 Å². The Morgan fingerprint density at radius 1 is 0.550 bits per heavy atom. The molecule has 0 N–H and O–H groups in total. The molecule has 1 heterocycles. The van der Waals surface area contributed by atoms with Crippen LogP contribution in [0.1, 0.15) is 31.8 Å². The summed E-state index contributed by atoms with van der Waals surface area (Å²) in [6.45, 7) is 2.09. The molecule has 0 aliphatic heterocycles. The van der Waals surface area contributed by atoms with Crippen LogP contribution in [0.5, 0.6) is 0 Å². The van der Waals surface area contributed by atoms with Gasteiger partial charge in [0.15, 0.2) is 11.6 Å². The van der Waals surface area contributed by atoms with E-state index in [9.17, 15) is 9.59 Å². The Morgan fingerprint density at radius 3 is 1.73 bits per heavy atom. The lowest BCUT2D eigenvalue weighted by molar-refractivity contribution is 0.0990. The fourth-order valence-electron chi connectivity index (χ4n) is 6.09. The van der Waals surface area contributed by atoms with E-state index in [1.54, 1.807) is 6.08 Å². The van der Waals surface area contributed by atoms with E-state index in [0.29, 0.717) is 11.1 Å². The number of hydrogen-bond acceptors (Lipinski definition) is 2. The second kappa shape index (κ2) is 8.36. The average molecular weight is 514 g/mol. The van der Waals surface area contributed by atoms with E-state index in [2.05, 4.69) is 84.3 Å². The van der Waals surface area contributed by atoms with Crippen molar-refractivity contribution in [1.29, 1.82) is 0 Å². The van der Waals surface area contributed by atoms with Gasteiger partial charge in [-0.2, -0.15) is 0 Å². The molecule has 1 aliphatic carbocycles. The molecule has 3 heteroatoms. The number of fused-ring (bicyclic) bond motifs is 6. The highest BCUT2D eigenvalue weighted by molar-refractivity contribution is 6.42. The van der Waals surface area contributed by atoms with Crippen molar-refractivity contribution >= 4 is 61.0 Å². The van der Waals surface area contributed by atoms with Crippen molar-refractivity contribution < 1.29 is 9.59 Å². The predicted octanol–water partition coefficient (Wildman–Crippen LogP) is 8.86. The number of aryl methyl sites for hydroxylation is 1. The van der Waals surface area contributed by atoms with E-state index >= 15 is 0 Å². The normalized spacial score (nSPS) is 13.2. The van der Waals surface area contributed by atoms with Crippen LogP contribution in [0.3, 0.4) is 0 Å². The zero-order valence-electron chi connectivity index (χ0n) is 21.8. The molecule has 7 aromatic rings. The average Bonchev–Trinajstić information content (AvgIpc) is 3.41. The smallest absolute Gasteiger partial charge is 0.197 e. The van der Waals surface area contributed by atoms with Gasteiger partial charge in [0.2, 0.25) is 0 Å². The molecule has 0 atom stereocenters. The zero-order chi connectivity index (χ0) is 27.0. The first kappa shape index (κ1) is 22.7. The lowest BCUT2D eigenvalue weighted by atomic mass is 10.0. The number of Topliss-reactive ketones (excluding diaryl/α,β-unsaturated/α-hetero) is 2. The number of aromatic nitrogens is 1. The van der Waals surface area contributed by atoms with Crippen LogP contribution < -0.4 is 0 Å². The molecule has 0 unspecified atom stereocenters. The summed E-state index contributed by atoms with van der Waals surface area (Å²) in [5.74, 6) is -0.419. The van der Waals surface area contributed by atoms with Crippen LogP contribution in [0.2, 0.25) is 0 Å². The van der Waals surface area contributed by atoms with E-state index in [1.165, 1.54) is 16.3 Å². The highest BCUT2D eigenvalue weighted by Crippen LogP contribution is 2.37. The Bertz CT molecular complexity index is 2190. The van der Waals surface area contributed by atoms with Crippen LogP contribution in [0.15, 0.2) is 121 Å². The molecule has 0 amide bonds. The fourth-order valence-corrected chi connectivity index (χ4v) is 6.09. The van der Waals surface area contributed by atoms with Gasteiger partial charge in [-0.1, -0.05) is 72.3 Å². The number of hydrogen-bond donors (Lipinski definition) is 0. The maximum absolute atomic E-state index is 13.4. The largest absolute Gasteiger partial charge is 0.309 e. The first-order valence-corrected chi connectivity index (χ1v) is 13.4. The summed E-state index contributed by atoms with van der Waals surface area (Å²) in [5, 5.41) is 6.48. The lowest BCUT2D eigenvalue weighted by Crippen LogP contribution is -2.00. The molecule has 1 aliphatic rings. The topological polar surface area (TPSA) is 39.1 Å². The number of allylic oxidation sites excluding steroid dienone is 1. The van der Waals surface area contributed by atoms with Crippen LogP contribution in [0.25, 0.3) is 55.1 Å². The maximum Gasteiger partial charge on any atom is 0.197 e. The van der Waals surface area contributed by atoms with Crippen LogP contribution in [0, 0.1) is 6.92 Å². The number of ketones is 2. The molecule has 188 valence electrons. The van der Waals surface area contributed by atoms with Crippen LogP contribution >= 0.6 is 0 Å². The number of carbonyl (C=O) groups excluding carboxylic acids is 2. The van der Waals surface area contributed by atoms with Crippen molar-refractivity contribution in [2.45, 2.75) is 6.92 Å². The summed E-state index contributed by atoms with van der Waals surface area (Å²) in [4.78, 5) is 26.8. The highest BCUT2D eigenvalue weighted by atomic mass is 16.2. The minimum Gasteiger partial charge on any atom is -0.309 e. The first-order valence-electron chi connectivity index (χ1n) is 13.4. The van der Waals surface area contributed by atoms with Gasteiger partial charge in [-0.05, 0) is 88.6 Å². The number of nitrogens with zero attached hydrogens (tertiary/aromatic N) is 1. The van der Waals surface area contributed by atoms with E-state index in [1.807, 2.05) is 42.5 Å². The van der Waals surface area contributed by atoms with Crippen LogP contribution in [-0.4, -0.2) is 16.1 Å². The van der Waals surface area contributed by atoms with E-state index in [-0.39, 0.29) is 17.1 Å². The molecule has 0 radical (unpaired) electrons. The van der Waals surface area contributed by atoms with E-state index in [4.69, 9.17) is 0 Å². The Labute approximate surface area is 230 Å². The minimum atomic E-state index is -0.209. The fraction of sp³-hybridized carbons (Fsp3) is 0.0270. The van der Waals surface area contributed by atoms with Gasteiger partial charge in [0, 0.05) is 27.6 Å². The molecular formula is C37H23NO2. The molecule has 8 rings (SSSR count). The van der Waals surface area contributed by atoms with E-state index in [0.717, 1.165) is 43.8 Å². The van der Waals surface area contributed by atoms with E-state index < -0.39 is 0 Å². The van der Waals surface area contributed by atoms with Gasteiger partial charge in [0.05, 0.1) is 16.6 Å². The summed E-state index contributed by atoms with van der Waals surface area (Å²) in [6, 6.07) is 39.1. The van der Waals surface area contributed by atoms with Gasteiger partial charge >= 0.3 is 0 Å². The molecule has 0 bridgehead atoms. The van der Waals surface area contributed by atoms with Gasteiger partial charge in [-0.15, -0.1) is 0 Å². The Kier molecular flexibility index (Phi) is 4.74. The number of carbonyl (C=O) groups is 2. The molecule has 6 aromatic carbocycles. The third-order valence-corrected chi connectivity index (χ3v) is 8.12. The molecule has 40 heavy (non-hydrogen) atoms. The monoisotopic (exact) mass is 513 g/mol. The molecule has 0 spiro atoms. The van der Waals surface area contributed by atoms with Gasteiger partial charge in [0.1, 0.15) is 0 Å². The lowest BCUT2D eigenvalue weighted by Gasteiger charge is -2.09. The summed E-state index contributed by atoms with van der Waals surface area (Å²) in [5.41, 5.74) is 6.52. The number of rotatable bonds is 2. The Hall–Kier alpha value is -5.28. The van der Waals surface area contributed by atoms with Gasteiger partial charge in [0.25, 0.3) is 0 Å². The third kappa shape index (κ3) is 3.31. The first-order chi connectivity index (χ1) is 19.5. The van der Waals surface area contributed by atoms with Crippen molar-refractivity contribution in [2.75, 3.05) is 0 Å². The van der Waals surface area contributed by atoms with Crippen LogP contribution in [0.4, 0.5) is 0 Å². The summed E-state index contributed by atoms with van der Waals surface area (Å²) in [6.07, 6.45) is 1.75. The predicted molar refractivity (Wildman–Crippen MR) is 164 cm³/mol. The summed E-state index contributed by atoms with van der Waals surface area (Å²) in [7, 11) is 0. The molecule has 3 nitrogen and oxygen atoms in total. The minimum absolute atomic E-state index is 0.209. The van der Waals surface area contributed by atoms with Gasteiger partial charge in [-0.25, -0.2) is 0 Å². The summed E-state index contributed by atoms with van der Waals surface area (Å²) >= 11 is 0. The van der Waals surface area contributed by atoms with Crippen molar-refractivity contribution in [1.82, 2.24) is 4.57 Å². The van der Waals surface area contributed by atoms with Gasteiger partial charge in [-0.3, -0.25) is 9.59 Å². The number of benzene rings is 6. The molecular weight excluding hydrogens is 490 g/mol. The second-order valence-electron chi connectivity index (χ2n) is 10.6. The standard InChI is InChI=1S/C37H23NO2/c1-22-10-13-28(14-11-22)38-34-15-12-23(16-29(34)30-18-24-6-4-5-9-27(24)21-35(30)38)17-33-36(39)31-19-25-7-2-3-8-26(25)20-32(31)37(33)40/h2-21H,1H3. The van der Waals surface area contributed by atoms with Crippen LogP contribution in [-0.2, 0) is 0 Å². The third-order valence-electron chi connectivity index (χ3n) is 8.12. The summed E-state index contributed by atoms with van der Waals surface area (Å²) < 4.78 is 2.29. The van der Waals surface area contributed by atoms with Crippen molar-refractivity contribution in [3.8, 4) is 5.69 Å². The molecule has 0 fully saturated rings. The zero-order valence-corrected chi connectivity index (χ0v) is 21.8. The molecule has 0 saturated heterocycles. The maximum atomic E-state index is 13.4. The van der Waals surface area contributed by atoms with Crippen molar-refractivity contribution in [2.24, 2.45) is 0 Å². The molecule has 0 saturated carbocycles.